The average molecular weight is 284 g/mol. The molecule has 0 radical (unpaired) electrons. The summed E-state index contributed by atoms with van der Waals surface area (Å²) in [5, 5.41) is 9.35. The number of ether oxygens (including phenoxy) is 1. The maximum Gasteiger partial charge on any atom is 0.338 e. The first-order chi connectivity index (χ1) is 10.0. The summed E-state index contributed by atoms with van der Waals surface area (Å²) in [6.07, 6.45) is 0. The minimum Gasteiger partial charge on any atom is -0.478 e. The van der Waals surface area contributed by atoms with E-state index in [0.29, 0.717) is 23.3 Å². The normalized spacial score (nSPS) is 10.2. The van der Waals surface area contributed by atoms with Gasteiger partial charge >= 0.3 is 11.9 Å². The maximum atomic E-state index is 11.6. The lowest BCUT2D eigenvalue weighted by molar-refractivity contribution is 0.0525. The number of carboxylic acid groups (broad SMARTS) is 1. The minimum atomic E-state index is -0.961. The maximum absolute atomic E-state index is 11.6. The highest BCUT2D eigenvalue weighted by atomic mass is 16.5. The van der Waals surface area contributed by atoms with E-state index in [0.717, 1.165) is 5.56 Å². The number of carboxylic acids is 1. The van der Waals surface area contributed by atoms with Crippen LogP contribution in [0.15, 0.2) is 42.5 Å². The molecular formula is C17H16O4. The van der Waals surface area contributed by atoms with Gasteiger partial charge in [0.05, 0.1) is 17.7 Å². The molecule has 0 aromatic heterocycles. The second-order valence-electron chi connectivity index (χ2n) is 4.60. The Hall–Kier alpha value is -2.62. The number of carbonyl (C=O) groups is 2. The zero-order chi connectivity index (χ0) is 15.4. The molecule has 0 amide bonds. The van der Waals surface area contributed by atoms with Crippen LogP contribution in [0.5, 0.6) is 0 Å². The monoisotopic (exact) mass is 284 g/mol. The summed E-state index contributed by atoms with van der Waals surface area (Å²) in [6.45, 7) is 3.83. The van der Waals surface area contributed by atoms with Crippen LogP contribution in [0, 0.1) is 6.92 Å². The quantitative estimate of drug-likeness (QED) is 0.872. The van der Waals surface area contributed by atoms with Gasteiger partial charge in [0, 0.05) is 0 Å². The molecule has 21 heavy (non-hydrogen) atoms. The van der Waals surface area contributed by atoms with E-state index in [9.17, 15) is 14.7 Å². The molecule has 0 aliphatic heterocycles. The second-order valence-corrected chi connectivity index (χ2v) is 4.60. The van der Waals surface area contributed by atoms with Crippen molar-refractivity contribution >= 4 is 11.9 Å². The summed E-state index contributed by atoms with van der Waals surface area (Å²) in [7, 11) is 0. The van der Waals surface area contributed by atoms with Crippen molar-refractivity contribution in [2.75, 3.05) is 6.61 Å². The van der Waals surface area contributed by atoms with Crippen molar-refractivity contribution in [2.24, 2.45) is 0 Å². The number of esters is 1. The molecule has 2 aromatic carbocycles. The Bertz CT molecular complexity index is 672. The van der Waals surface area contributed by atoms with Crippen LogP contribution in [-0.2, 0) is 4.74 Å². The van der Waals surface area contributed by atoms with Gasteiger partial charge in [0.2, 0.25) is 0 Å². The third kappa shape index (κ3) is 3.11. The molecule has 0 aliphatic carbocycles. The molecule has 0 bridgehead atoms. The molecule has 4 nitrogen and oxygen atoms in total. The van der Waals surface area contributed by atoms with Crippen molar-refractivity contribution in [3.63, 3.8) is 0 Å². The lowest BCUT2D eigenvalue weighted by Gasteiger charge is -2.09. The molecular weight excluding hydrogens is 268 g/mol. The van der Waals surface area contributed by atoms with Crippen LogP contribution in [0.3, 0.4) is 0 Å². The largest absolute Gasteiger partial charge is 0.478 e. The highest BCUT2D eigenvalue weighted by Crippen LogP contribution is 2.26. The van der Waals surface area contributed by atoms with Gasteiger partial charge in [-0.15, -0.1) is 0 Å². The Morgan fingerprint density at radius 2 is 1.76 bits per heavy atom. The van der Waals surface area contributed by atoms with Gasteiger partial charge in [0.1, 0.15) is 0 Å². The summed E-state index contributed by atoms with van der Waals surface area (Å²) < 4.78 is 4.92. The Morgan fingerprint density at radius 1 is 1.10 bits per heavy atom. The third-order valence-electron chi connectivity index (χ3n) is 3.19. The fraction of sp³-hybridized carbons (Fsp3) is 0.176. The van der Waals surface area contributed by atoms with Gasteiger partial charge in [0.15, 0.2) is 0 Å². The van der Waals surface area contributed by atoms with Crippen molar-refractivity contribution in [1.82, 2.24) is 0 Å². The Morgan fingerprint density at radius 3 is 2.33 bits per heavy atom. The van der Waals surface area contributed by atoms with E-state index in [1.807, 2.05) is 6.07 Å². The Balaban J connectivity index is 2.42. The third-order valence-corrected chi connectivity index (χ3v) is 3.19. The van der Waals surface area contributed by atoms with E-state index in [-0.39, 0.29) is 11.5 Å². The number of aromatic carboxylic acids is 1. The van der Waals surface area contributed by atoms with Crippen molar-refractivity contribution in [2.45, 2.75) is 13.8 Å². The molecule has 1 N–H and O–H groups in total. The molecule has 0 saturated carbocycles. The van der Waals surface area contributed by atoms with Gasteiger partial charge in [-0.3, -0.25) is 0 Å². The number of carbonyl (C=O) groups excluding carboxylic acids is 1. The van der Waals surface area contributed by atoms with E-state index in [4.69, 9.17) is 4.74 Å². The second kappa shape index (κ2) is 6.22. The molecule has 0 unspecified atom stereocenters. The van der Waals surface area contributed by atoms with E-state index >= 15 is 0 Å². The SMILES string of the molecule is CCOC(=O)c1ccc(-c2cccc(C)c2C(=O)O)cc1. The van der Waals surface area contributed by atoms with Gasteiger partial charge in [-0.1, -0.05) is 30.3 Å². The van der Waals surface area contributed by atoms with Gasteiger partial charge < -0.3 is 9.84 Å². The molecule has 0 atom stereocenters. The van der Waals surface area contributed by atoms with E-state index in [1.165, 1.54) is 0 Å². The van der Waals surface area contributed by atoms with Crippen molar-refractivity contribution in [3.8, 4) is 11.1 Å². The number of benzene rings is 2. The standard InChI is InChI=1S/C17H16O4/c1-3-21-17(20)13-9-7-12(8-10-13)14-6-4-5-11(2)15(14)16(18)19/h4-10H,3H2,1-2H3,(H,18,19). The molecule has 0 fully saturated rings. The lowest BCUT2D eigenvalue weighted by Crippen LogP contribution is -2.05. The number of hydrogen-bond donors (Lipinski definition) is 1. The molecule has 4 heteroatoms. The minimum absolute atomic E-state index is 0.279. The van der Waals surface area contributed by atoms with Crippen molar-refractivity contribution < 1.29 is 19.4 Å². The fourth-order valence-corrected chi connectivity index (χ4v) is 2.19. The average Bonchev–Trinajstić information content (AvgIpc) is 2.47. The molecule has 0 saturated heterocycles. The first-order valence-electron chi connectivity index (χ1n) is 6.65. The first-order valence-corrected chi connectivity index (χ1v) is 6.65. The van der Waals surface area contributed by atoms with E-state index in [2.05, 4.69) is 0 Å². The zero-order valence-corrected chi connectivity index (χ0v) is 11.9. The van der Waals surface area contributed by atoms with Gasteiger partial charge in [0.25, 0.3) is 0 Å². The highest BCUT2D eigenvalue weighted by molar-refractivity contribution is 5.98. The summed E-state index contributed by atoms with van der Waals surface area (Å²) in [5.41, 5.74) is 2.82. The molecule has 2 aromatic rings. The van der Waals surface area contributed by atoms with Gasteiger partial charge in [-0.05, 0) is 42.7 Å². The first kappa shape index (κ1) is 14.8. The number of aryl methyl sites for hydroxylation is 1. The highest BCUT2D eigenvalue weighted by Gasteiger charge is 2.14. The number of hydrogen-bond acceptors (Lipinski definition) is 3. The molecule has 108 valence electrons. The number of rotatable bonds is 4. The van der Waals surface area contributed by atoms with Crippen LogP contribution in [-0.4, -0.2) is 23.7 Å². The fourth-order valence-electron chi connectivity index (χ4n) is 2.19. The molecule has 0 heterocycles. The zero-order valence-electron chi connectivity index (χ0n) is 11.9. The van der Waals surface area contributed by atoms with Crippen LogP contribution in [0.2, 0.25) is 0 Å². The Kier molecular flexibility index (Phi) is 4.38. The predicted octanol–water partition coefficient (Wildman–Crippen LogP) is 3.54. The van der Waals surface area contributed by atoms with Crippen LogP contribution in [0.1, 0.15) is 33.2 Å². The predicted molar refractivity (Wildman–Crippen MR) is 79.5 cm³/mol. The molecule has 0 aliphatic rings. The smallest absolute Gasteiger partial charge is 0.338 e. The topological polar surface area (TPSA) is 63.6 Å². The van der Waals surface area contributed by atoms with Gasteiger partial charge in [-0.2, -0.15) is 0 Å². The van der Waals surface area contributed by atoms with Crippen molar-refractivity contribution in [1.29, 1.82) is 0 Å². The van der Waals surface area contributed by atoms with Gasteiger partial charge in [-0.25, -0.2) is 9.59 Å². The molecule has 2 rings (SSSR count). The lowest BCUT2D eigenvalue weighted by atomic mass is 9.95. The van der Waals surface area contributed by atoms with E-state index in [1.54, 1.807) is 50.2 Å². The summed E-state index contributed by atoms with van der Waals surface area (Å²) in [5.74, 6) is -1.34. The van der Waals surface area contributed by atoms with Crippen LogP contribution in [0.4, 0.5) is 0 Å². The summed E-state index contributed by atoms with van der Waals surface area (Å²) >= 11 is 0. The summed E-state index contributed by atoms with van der Waals surface area (Å²) in [4.78, 5) is 23.0. The Labute approximate surface area is 123 Å². The molecule has 0 spiro atoms. The van der Waals surface area contributed by atoms with Crippen LogP contribution >= 0.6 is 0 Å². The van der Waals surface area contributed by atoms with E-state index < -0.39 is 5.97 Å². The van der Waals surface area contributed by atoms with Crippen LogP contribution in [0.25, 0.3) is 11.1 Å². The summed E-state index contributed by atoms with van der Waals surface area (Å²) in [6, 6.07) is 12.1. The van der Waals surface area contributed by atoms with Crippen molar-refractivity contribution in [3.05, 3.63) is 59.2 Å². The van der Waals surface area contributed by atoms with Crippen LogP contribution < -0.4 is 0 Å².